The van der Waals surface area contributed by atoms with E-state index in [0.29, 0.717) is 12.8 Å². The van der Waals surface area contributed by atoms with Gasteiger partial charge in [0, 0.05) is 0 Å². The highest BCUT2D eigenvalue weighted by Crippen LogP contribution is 2.33. The molecule has 7 nitrogen and oxygen atoms in total. The zero-order valence-corrected chi connectivity index (χ0v) is 16.7. The van der Waals surface area contributed by atoms with Gasteiger partial charge >= 0.3 is 6.03 Å². The minimum Gasteiger partial charge on any atom is -0.336 e. The standard InChI is InChI=1S/C22H26N4O3/c1-21(17-9-8-15-6-5-7-16(15)12-17)19(28)26(20(29)25-21)13-18(27)24-22(14-23)10-3-2-4-11-22/h8-9,12H,2-7,10-11,13H2,1H3,(H,24,27)(H,25,29). The van der Waals surface area contributed by atoms with E-state index in [1.165, 1.54) is 11.1 Å². The molecule has 1 aliphatic heterocycles. The zero-order chi connectivity index (χ0) is 20.6. The fourth-order valence-corrected chi connectivity index (χ4v) is 4.79. The Hall–Kier alpha value is -2.88. The lowest BCUT2D eigenvalue weighted by molar-refractivity contribution is -0.135. The van der Waals surface area contributed by atoms with Gasteiger partial charge < -0.3 is 10.6 Å². The van der Waals surface area contributed by atoms with E-state index >= 15 is 0 Å². The molecule has 0 bridgehead atoms. The second kappa shape index (κ2) is 7.18. The minimum absolute atomic E-state index is 0.380. The number of nitriles is 1. The number of imide groups is 1. The van der Waals surface area contributed by atoms with Gasteiger partial charge in [0.05, 0.1) is 6.07 Å². The van der Waals surface area contributed by atoms with Gasteiger partial charge in [-0.1, -0.05) is 37.5 Å². The third-order valence-corrected chi connectivity index (χ3v) is 6.55. The van der Waals surface area contributed by atoms with Gasteiger partial charge in [-0.15, -0.1) is 0 Å². The van der Waals surface area contributed by atoms with Crippen LogP contribution in [0.4, 0.5) is 4.79 Å². The van der Waals surface area contributed by atoms with Crippen LogP contribution in [0, 0.1) is 11.3 Å². The molecule has 29 heavy (non-hydrogen) atoms. The normalized spacial score (nSPS) is 25.3. The Morgan fingerprint density at radius 1 is 1.17 bits per heavy atom. The maximum Gasteiger partial charge on any atom is 0.325 e. The minimum atomic E-state index is -1.19. The molecule has 1 saturated heterocycles. The molecular weight excluding hydrogens is 368 g/mol. The largest absolute Gasteiger partial charge is 0.336 e. The van der Waals surface area contributed by atoms with Crippen molar-refractivity contribution < 1.29 is 14.4 Å². The highest BCUT2D eigenvalue weighted by molar-refractivity contribution is 6.09. The van der Waals surface area contributed by atoms with Crippen LogP contribution in [0.25, 0.3) is 0 Å². The van der Waals surface area contributed by atoms with Crippen molar-refractivity contribution in [1.29, 1.82) is 5.26 Å². The average molecular weight is 394 g/mol. The summed E-state index contributed by atoms with van der Waals surface area (Å²) >= 11 is 0. The molecule has 2 aliphatic carbocycles. The molecule has 2 N–H and O–H groups in total. The van der Waals surface area contributed by atoms with E-state index in [9.17, 15) is 19.6 Å². The number of hydrogen-bond donors (Lipinski definition) is 2. The number of rotatable bonds is 4. The number of amides is 4. The first-order chi connectivity index (χ1) is 13.9. The predicted octanol–water partition coefficient (Wildman–Crippen LogP) is 2.28. The van der Waals surface area contributed by atoms with Crippen molar-refractivity contribution >= 4 is 17.8 Å². The van der Waals surface area contributed by atoms with Gasteiger partial charge in [0.15, 0.2) is 0 Å². The van der Waals surface area contributed by atoms with Gasteiger partial charge in [-0.2, -0.15) is 5.26 Å². The Kier molecular flexibility index (Phi) is 4.81. The van der Waals surface area contributed by atoms with Crippen molar-refractivity contribution in [2.24, 2.45) is 0 Å². The predicted molar refractivity (Wildman–Crippen MR) is 106 cm³/mol. The number of benzene rings is 1. The van der Waals surface area contributed by atoms with E-state index in [1.807, 2.05) is 18.2 Å². The van der Waals surface area contributed by atoms with Gasteiger partial charge in [0.25, 0.3) is 5.91 Å². The van der Waals surface area contributed by atoms with Crippen molar-refractivity contribution in [3.05, 3.63) is 34.9 Å². The Labute approximate surface area is 170 Å². The molecule has 1 saturated carbocycles. The van der Waals surface area contributed by atoms with E-state index < -0.39 is 28.9 Å². The van der Waals surface area contributed by atoms with E-state index in [1.54, 1.807) is 6.92 Å². The number of urea groups is 1. The molecular formula is C22H26N4O3. The summed E-state index contributed by atoms with van der Waals surface area (Å²) in [5.74, 6) is -0.916. The number of nitrogens with zero attached hydrogens (tertiary/aromatic N) is 2. The van der Waals surface area contributed by atoms with Crippen molar-refractivity contribution in [3.8, 4) is 6.07 Å². The summed E-state index contributed by atoms with van der Waals surface area (Å²) in [5, 5.41) is 15.1. The number of hydrogen-bond acceptors (Lipinski definition) is 4. The molecule has 1 atom stereocenters. The smallest absolute Gasteiger partial charge is 0.325 e. The van der Waals surface area contributed by atoms with Crippen molar-refractivity contribution in [2.45, 2.75) is 69.4 Å². The van der Waals surface area contributed by atoms with Crippen LogP contribution in [0.1, 0.15) is 62.1 Å². The van der Waals surface area contributed by atoms with Crippen LogP contribution in [-0.2, 0) is 28.0 Å². The molecule has 4 amide bonds. The number of carbonyl (C=O) groups is 3. The quantitative estimate of drug-likeness (QED) is 0.765. The lowest BCUT2D eigenvalue weighted by atomic mass is 9.83. The summed E-state index contributed by atoms with van der Waals surface area (Å²) in [5.41, 5.74) is 1.17. The van der Waals surface area contributed by atoms with E-state index in [0.717, 1.165) is 49.0 Å². The second-order valence-corrected chi connectivity index (χ2v) is 8.59. The summed E-state index contributed by atoms with van der Waals surface area (Å²) in [6.45, 7) is 1.30. The molecule has 7 heteroatoms. The van der Waals surface area contributed by atoms with E-state index in [2.05, 4.69) is 16.7 Å². The fourth-order valence-electron chi connectivity index (χ4n) is 4.79. The molecule has 3 aliphatic rings. The first kappa shape index (κ1) is 19.4. The highest BCUT2D eigenvalue weighted by Gasteiger charge is 2.50. The topological polar surface area (TPSA) is 102 Å². The van der Waals surface area contributed by atoms with Crippen LogP contribution < -0.4 is 10.6 Å². The van der Waals surface area contributed by atoms with Gasteiger partial charge in [0.1, 0.15) is 17.6 Å². The van der Waals surface area contributed by atoms with Crippen LogP contribution >= 0.6 is 0 Å². The fraction of sp³-hybridized carbons (Fsp3) is 0.545. The Bertz CT molecular complexity index is 913. The van der Waals surface area contributed by atoms with Gasteiger partial charge in [0.2, 0.25) is 5.91 Å². The number of carbonyl (C=O) groups excluding carboxylic acids is 3. The molecule has 1 heterocycles. The maximum atomic E-state index is 13.1. The summed E-state index contributed by atoms with van der Waals surface area (Å²) in [7, 11) is 0. The molecule has 1 unspecified atom stereocenters. The lowest BCUT2D eigenvalue weighted by Crippen LogP contribution is -2.52. The molecule has 0 spiro atoms. The summed E-state index contributed by atoms with van der Waals surface area (Å²) in [6.07, 6.45) is 7.13. The van der Waals surface area contributed by atoms with Gasteiger partial charge in [-0.3, -0.25) is 14.5 Å². The molecule has 152 valence electrons. The Morgan fingerprint density at radius 2 is 1.90 bits per heavy atom. The molecule has 1 aromatic carbocycles. The number of fused-ring (bicyclic) bond motifs is 1. The SMILES string of the molecule is CC1(c2ccc3c(c2)CCC3)NC(=O)N(CC(=O)NC2(C#N)CCCCC2)C1=O. The molecule has 4 rings (SSSR count). The third kappa shape index (κ3) is 3.37. The van der Waals surface area contributed by atoms with Crippen LogP contribution in [0.5, 0.6) is 0 Å². The van der Waals surface area contributed by atoms with Gasteiger partial charge in [-0.05, 0) is 55.7 Å². The molecule has 0 radical (unpaired) electrons. The van der Waals surface area contributed by atoms with E-state index in [4.69, 9.17) is 0 Å². The number of nitrogens with one attached hydrogen (secondary N) is 2. The second-order valence-electron chi connectivity index (χ2n) is 8.59. The number of aryl methyl sites for hydroxylation is 2. The summed E-state index contributed by atoms with van der Waals surface area (Å²) in [6, 6.07) is 7.55. The van der Waals surface area contributed by atoms with Crippen molar-refractivity contribution in [3.63, 3.8) is 0 Å². The van der Waals surface area contributed by atoms with Crippen LogP contribution in [0.15, 0.2) is 18.2 Å². The van der Waals surface area contributed by atoms with E-state index in [-0.39, 0.29) is 6.54 Å². The lowest BCUT2D eigenvalue weighted by Gasteiger charge is -2.32. The monoisotopic (exact) mass is 394 g/mol. The highest BCUT2D eigenvalue weighted by atomic mass is 16.2. The molecule has 0 aromatic heterocycles. The zero-order valence-electron chi connectivity index (χ0n) is 16.7. The summed E-state index contributed by atoms with van der Waals surface area (Å²) in [4.78, 5) is 39.2. The maximum absolute atomic E-state index is 13.1. The summed E-state index contributed by atoms with van der Waals surface area (Å²) < 4.78 is 0. The first-order valence-electron chi connectivity index (χ1n) is 10.4. The first-order valence-corrected chi connectivity index (χ1v) is 10.4. The molecule has 1 aromatic rings. The third-order valence-electron chi connectivity index (χ3n) is 6.55. The molecule has 2 fully saturated rings. The Balaban J connectivity index is 1.49. The Morgan fingerprint density at radius 3 is 2.62 bits per heavy atom. The van der Waals surface area contributed by atoms with Crippen LogP contribution in [0.3, 0.4) is 0 Å². The van der Waals surface area contributed by atoms with Crippen molar-refractivity contribution in [1.82, 2.24) is 15.5 Å². The van der Waals surface area contributed by atoms with Crippen LogP contribution in [-0.4, -0.2) is 34.8 Å². The average Bonchev–Trinajstić information content (AvgIpc) is 3.27. The van der Waals surface area contributed by atoms with Crippen LogP contribution in [0.2, 0.25) is 0 Å². The van der Waals surface area contributed by atoms with Crippen molar-refractivity contribution in [2.75, 3.05) is 6.54 Å². The van der Waals surface area contributed by atoms with Gasteiger partial charge in [-0.25, -0.2) is 4.79 Å².